The van der Waals surface area contributed by atoms with Crippen molar-refractivity contribution in [3.05, 3.63) is 114 Å². The van der Waals surface area contributed by atoms with Gasteiger partial charge in [0, 0.05) is 16.3 Å². The molecule has 1 atom stereocenters. The molecule has 0 aliphatic heterocycles. The number of hydrogen-bond donors (Lipinski definition) is 2. The van der Waals surface area contributed by atoms with Crippen molar-refractivity contribution in [1.82, 2.24) is 0 Å². The van der Waals surface area contributed by atoms with E-state index >= 15 is 0 Å². The molecule has 3 aromatic carbocycles. The second-order valence-corrected chi connectivity index (χ2v) is 8.85. The van der Waals surface area contributed by atoms with E-state index in [9.17, 15) is 9.59 Å². The predicted molar refractivity (Wildman–Crippen MR) is 133 cm³/mol. The van der Waals surface area contributed by atoms with Gasteiger partial charge in [0.2, 0.25) is 5.91 Å². The Kier molecular flexibility index (Phi) is 6.95. The summed E-state index contributed by atoms with van der Waals surface area (Å²) < 4.78 is 5.12. The molecule has 0 fully saturated rings. The molecule has 1 heterocycles. The molecule has 0 aliphatic rings. The van der Waals surface area contributed by atoms with E-state index in [0.717, 1.165) is 27.3 Å². The maximum absolute atomic E-state index is 13.3. The van der Waals surface area contributed by atoms with Crippen LogP contribution in [0.5, 0.6) is 0 Å². The minimum Gasteiger partial charge on any atom is -0.459 e. The van der Waals surface area contributed by atoms with Crippen molar-refractivity contribution in [2.24, 2.45) is 0 Å². The fourth-order valence-corrected chi connectivity index (χ4v) is 4.35. The highest BCUT2D eigenvalue weighted by Gasteiger charge is 2.23. The van der Waals surface area contributed by atoms with Gasteiger partial charge >= 0.3 is 0 Å². The number of aryl methyl sites for hydroxylation is 2. The summed E-state index contributed by atoms with van der Waals surface area (Å²) >= 11 is 1.46. The van der Waals surface area contributed by atoms with Gasteiger partial charge < -0.3 is 15.1 Å². The van der Waals surface area contributed by atoms with E-state index in [0.29, 0.717) is 5.69 Å². The molecule has 33 heavy (non-hydrogen) atoms. The molecule has 0 spiro atoms. The first-order valence-electron chi connectivity index (χ1n) is 10.5. The van der Waals surface area contributed by atoms with Crippen molar-refractivity contribution in [2.45, 2.75) is 24.0 Å². The van der Waals surface area contributed by atoms with Gasteiger partial charge in [-0.2, -0.15) is 0 Å². The Bertz CT molecular complexity index is 1240. The lowest BCUT2D eigenvalue weighted by Crippen LogP contribution is -2.19. The van der Waals surface area contributed by atoms with Crippen LogP contribution in [0, 0.1) is 13.8 Å². The Labute approximate surface area is 197 Å². The summed E-state index contributed by atoms with van der Waals surface area (Å²) in [4.78, 5) is 26.4. The number of carbonyl (C=O) groups is 2. The molecule has 0 saturated carbocycles. The lowest BCUT2D eigenvalue weighted by Gasteiger charge is -2.18. The average molecular weight is 457 g/mol. The van der Waals surface area contributed by atoms with Crippen molar-refractivity contribution in [2.75, 3.05) is 10.6 Å². The maximum Gasteiger partial charge on any atom is 0.291 e. The van der Waals surface area contributed by atoms with Crippen LogP contribution < -0.4 is 10.6 Å². The van der Waals surface area contributed by atoms with Gasteiger partial charge in [-0.1, -0.05) is 42.5 Å². The lowest BCUT2D eigenvalue weighted by molar-refractivity contribution is -0.115. The first-order valence-corrected chi connectivity index (χ1v) is 11.4. The zero-order valence-electron chi connectivity index (χ0n) is 18.4. The number of nitrogens with one attached hydrogen (secondary N) is 2. The van der Waals surface area contributed by atoms with Crippen molar-refractivity contribution in [3.8, 4) is 0 Å². The van der Waals surface area contributed by atoms with Gasteiger partial charge in [-0.25, -0.2) is 0 Å². The zero-order chi connectivity index (χ0) is 23.2. The molecule has 166 valence electrons. The SMILES string of the molecule is Cc1ccc(C)c(NC(=O)C(Sc2ccc(NC(=O)c3ccco3)cc2)c2ccccc2)c1. The quantitative estimate of drug-likeness (QED) is 0.307. The summed E-state index contributed by atoms with van der Waals surface area (Å²) in [6, 6.07) is 26.4. The number of rotatable bonds is 7. The summed E-state index contributed by atoms with van der Waals surface area (Å²) in [6.45, 7) is 3.99. The molecular formula is C27H24N2O3S. The smallest absolute Gasteiger partial charge is 0.291 e. The van der Waals surface area contributed by atoms with Gasteiger partial charge in [-0.05, 0) is 73.0 Å². The molecule has 0 bridgehead atoms. The molecule has 0 saturated heterocycles. The van der Waals surface area contributed by atoms with Crippen LogP contribution in [0.4, 0.5) is 11.4 Å². The highest BCUT2D eigenvalue weighted by molar-refractivity contribution is 8.00. The maximum atomic E-state index is 13.3. The molecule has 6 heteroatoms. The van der Waals surface area contributed by atoms with Gasteiger partial charge in [0.05, 0.1) is 6.26 Å². The second-order valence-electron chi connectivity index (χ2n) is 7.67. The first kappa shape index (κ1) is 22.4. The molecule has 4 aromatic rings. The summed E-state index contributed by atoms with van der Waals surface area (Å²) in [6.07, 6.45) is 1.46. The van der Waals surface area contributed by atoms with Crippen LogP contribution in [0.2, 0.25) is 0 Å². The van der Waals surface area contributed by atoms with Crippen LogP contribution in [0.3, 0.4) is 0 Å². The summed E-state index contributed by atoms with van der Waals surface area (Å²) in [5, 5.41) is 5.46. The average Bonchev–Trinajstić information content (AvgIpc) is 3.37. The van der Waals surface area contributed by atoms with E-state index < -0.39 is 5.25 Å². The number of hydrogen-bond acceptors (Lipinski definition) is 4. The summed E-state index contributed by atoms with van der Waals surface area (Å²) in [5.74, 6) is -0.147. The van der Waals surface area contributed by atoms with Crippen LogP contribution in [0.1, 0.15) is 32.5 Å². The first-order chi connectivity index (χ1) is 16.0. The normalized spacial score (nSPS) is 11.6. The largest absolute Gasteiger partial charge is 0.459 e. The molecule has 4 rings (SSSR count). The molecule has 2 N–H and O–H groups in total. The summed E-state index contributed by atoms with van der Waals surface area (Å²) in [5.41, 5.74) is 4.49. The third-order valence-corrected chi connectivity index (χ3v) is 6.37. The highest BCUT2D eigenvalue weighted by Crippen LogP contribution is 2.37. The topological polar surface area (TPSA) is 71.3 Å². The van der Waals surface area contributed by atoms with Crippen LogP contribution >= 0.6 is 11.8 Å². The molecule has 0 aliphatic carbocycles. The molecule has 1 aromatic heterocycles. The van der Waals surface area contributed by atoms with E-state index in [1.807, 2.05) is 86.6 Å². The Balaban J connectivity index is 1.51. The monoisotopic (exact) mass is 456 g/mol. The summed E-state index contributed by atoms with van der Waals surface area (Å²) in [7, 11) is 0. The van der Waals surface area contributed by atoms with E-state index in [4.69, 9.17) is 4.42 Å². The minimum atomic E-state index is -0.435. The number of anilines is 2. The van der Waals surface area contributed by atoms with Crippen LogP contribution in [0.15, 0.2) is 101 Å². The fraction of sp³-hybridized carbons (Fsp3) is 0.111. The number of furan rings is 1. The predicted octanol–water partition coefficient (Wildman–Crippen LogP) is 6.62. The van der Waals surface area contributed by atoms with E-state index in [1.165, 1.54) is 18.0 Å². The Morgan fingerprint density at radius 3 is 2.30 bits per heavy atom. The van der Waals surface area contributed by atoms with Crippen LogP contribution in [-0.4, -0.2) is 11.8 Å². The third-order valence-electron chi connectivity index (χ3n) is 5.10. The lowest BCUT2D eigenvalue weighted by atomic mass is 10.1. The van der Waals surface area contributed by atoms with E-state index in [-0.39, 0.29) is 17.6 Å². The molecular weight excluding hydrogens is 432 g/mol. The van der Waals surface area contributed by atoms with Crippen molar-refractivity contribution in [1.29, 1.82) is 0 Å². The van der Waals surface area contributed by atoms with Crippen LogP contribution in [0.25, 0.3) is 0 Å². The van der Waals surface area contributed by atoms with Gasteiger partial charge in [0.25, 0.3) is 5.91 Å². The zero-order valence-corrected chi connectivity index (χ0v) is 19.2. The van der Waals surface area contributed by atoms with Gasteiger partial charge in [-0.15, -0.1) is 11.8 Å². The van der Waals surface area contributed by atoms with Crippen LogP contribution in [-0.2, 0) is 4.79 Å². The van der Waals surface area contributed by atoms with Gasteiger partial charge in [0.15, 0.2) is 5.76 Å². The van der Waals surface area contributed by atoms with E-state index in [1.54, 1.807) is 12.1 Å². The standard InChI is InChI=1S/C27H24N2O3S/c1-18-10-11-19(2)23(17-18)29-27(31)25(20-7-4-3-5-8-20)33-22-14-12-21(13-15-22)28-26(30)24-9-6-16-32-24/h3-17,25H,1-2H3,(H,28,30)(H,29,31). The third kappa shape index (κ3) is 5.73. The number of benzene rings is 3. The number of carbonyl (C=O) groups excluding carboxylic acids is 2. The number of thioether (sulfide) groups is 1. The van der Waals surface area contributed by atoms with Crippen molar-refractivity contribution >= 4 is 35.0 Å². The van der Waals surface area contributed by atoms with Gasteiger partial charge in [-0.3, -0.25) is 9.59 Å². The number of amides is 2. The Morgan fingerprint density at radius 2 is 1.61 bits per heavy atom. The fourth-order valence-electron chi connectivity index (χ4n) is 3.32. The van der Waals surface area contributed by atoms with E-state index in [2.05, 4.69) is 10.6 Å². The molecule has 2 amide bonds. The minimum absolute atomic E-state index is 0.0879. The highest BCUT2D eigenvalue weighted by atomic mass is 32.2. The molecule has 0 radical (unpaired) electrons. The molecule has 5 nitrogen and oxygen atoms in total. The van der Waals surface area contributed by atoms with Crippen molar-refractivity contribution in [3.63, 3.8) is 0 Å². The second kappa shape index (κ2) is 10.2. The Morgan fingerprint density at radius 1 is 0.848 bits per heavy atom. The van der Waals surface area contributed by atoms with Gasteiger partial charge in [0.1, 0.15) is 5.25 Å². The molecule has 1 unspecified atom stereocenters. The van der Waals surface area contributed by atoms with Crippen molar-refractivity contribution < 1.29 is 14.0 Å². The Hall–Kier alpha value is -3.77.